The van der Waals surface area contributed by atoms with Crippen molar-refractivity contribution in [3.05, 3.63) is 47.5 Å². The molecule has 2 aromatic carbocycles. The molecule has 0 fully saturated rings. The summed E-state index contributed by atoms with van der Waals surface area (Å²) in [6.07, 6.45) is 0.534. The maximum absolute atomic E-state index is 12.2. The summed E-state index contributed by atoms with van der Waals surface area (Å²) < 4.78 is 47.4. The van der Waals surface area contributed by atoms with E-state index in [0.717, 1.165) is 0 Å². The molecular weight excluding hydrogens is 426 g/mol. The molecule has 1 N–H and O–H groups in total. The summed E-state index contributed by atoms with van der Waals surface area (Å²) in [7, 11) is 0.434. The molecule has 0 radical (unpaired) electrons. The van der Waals surface area contributed by atoms with Crippen molar-refractivity contribution in [3.8, 4) is 16.9 Å². The van der Waals surface area contributed by atoms with Crippen molar-refractivity contribution in [3.63, 3.8) is 0 Å². The molecule has 10 heteroatoms. The van der Waals surface area contributed by atoms with Crippen LogP contribution in [0.4, 0.5) is 0 Å². The molecule has 0 amide bonds. The van der Waals surface area contributed by atoms with E-state index in [-0.39, 0.29) is 29.4 Å². The Bertz CT molecular complexity index is 1020. The highest BCUT2D eigenvalue weighted by molar-refractivity contribution is 7.89. The number of hydrogen-bond donors (Lipinski definition) is 1. The summed E-state index contributed by atoms with van der Waals surface area (Å²) in [5, 5.41) is 0. The first-order valence-electron chi connectivity index (χ1n) is 9.28. The molecule has 2 rings (SSSR count). The fourth-order valence-electron chi connectivity index (χ4n) is 2.77. The summed E-state index contributed by atoms with van der Waals surface area (Å²) >= 11 is 0. The van der Waals surface area contributed by atoms with E-state index in [1.165, 1.54) is 32.4 Å². The number of benzene rings is 2. The third-order valence-corrected chi connectivity index (χ3v) is 5.73. The molecule has 0 heterocycles. The molecule has 0 aliphatic carbocycles. The molecule has 0 aliphatic heterocycles. The number of nitrogens with one attached hydrogen (secondary N) is 1. The van der Waals surface area contributed by atoms with Gasteiger partial charge in [0.15, 0.2) is 13.1 Å². The van der Waals surface area contributed by atoms with Gasteiger partial charge in [0, 0.05) is 12.7 Å². The Labute approximate surface area is 181 Å². The third kappa shape index (κ3) is 6.59. The van der Waals surface area contributed by atoms with Crippen molar-refractivity contribution in [2.24, 2.45) is 0 Å². The Morgan fingerprint density at radius 1 is 1.13 bits per heavy atom. The van der Waals surface area contributed by atoms with Crippen LogP contribution in [-0.4, -0.2) is 61.9 Å². The van der Waals surface area contributed by atoms with Crippen LogP contribution in [0.1, 0.15) is 15.9 Å². The van der Waals surface area contributed by atoms with Gasteiger partial charge in [0.05, 0.1) is 37.2 Å². The third-order valence-electron chi connectivity index (χ3n) is 4.32. The van der Waals surface area contributed by atoms with Crippen molar-refractivity contribution in [2.45, 2.75) is 11.3 Å². The summed E-state index contributed by atoms with van der Waals surface area (Å²) in [5.41, 5.74) is 1.62. The molecule has 2 aromatic rings. The number of methoxy groups -OCH3 is 2. The van der Waals surface area contributed by atoms with Gasteiger partial charge in [-0.2, -0.15) is 0 Å². The minimum Gasteiger partial charge on any atom is -0.469 e. The minimum atomic E-state index is -3.69. The van der Waals surface area contributed by atoms with Crippen LogP contribution >= 0.6 is 0 Å². The van der Waals surface area contributed by atoms with Crippen LogP contribution in [0, 0.1) is 0 Å². The molecule has 0 unspecified atom stereocenters. The number of ether oxygens (including phenoxy) is 4. The van der Waals surface area contributed by atoms with Crippen molar-refractivity contribution in [1.82, 2.24) is 4.72 Å². The summed E-state index contributed by atoms with van der Waals surface area (Å²) in [5.74, 6) is -0.272. The van der Waals surface area contributed by atoms with Crippen LogP contribution in [-0.2, 0) is 35.4 Å². The normalized spacial score (nSPS) is 11.2. The largest absolute Gasteiger partial charge is 0.469 e. The fraction of sp³-hybridized carbons (Fsp3) is 0.333. The van der Waals surface area contributed by atoms with Crippen molar-refractivity contribution >= 4 is 22.3 Å². The summed E-state index contributed by atoms with van der Waals surface area (Å²) in [6, 6.07) is 9.33. The van der Waals surface area contributed by atoms with Crippen LogP contribution < -0.4 is 9.46 Å². The van der Waals surface area contributed by atoms with E-state index in [1.54, 1.807) is 25.3 Å². The zero-order valence-electron chi connectivity index (χ0n) is 17.5. The van der Waals surface area contributed by atoms with E-state index in [1.807, 2.05) is 0 Å². The first-order chi connectivity index (χ1) is 14.9. The number of carbonyl (C=O) groups is 2. The van der Waals surface area contributed by atoms with Crippen LogP contribution in [0.2, 0.25) is 0 Å². The van der Waals surface area contributed by atoms with Crippen LogP contribution in [0.15, 0.2) is 41.3 Å². The predicted octanol–water partition coefficient (Wildman–Crippen LogP) is 1.79. The second kappa shape index (κ2) is 11.6. The Morgan fingerprint density at radius 3 is 2.55 bits per heavy atom. The van der Waals surface area contributed by atoms with E-state index in [0.29, 0.717) is 36.2 Å². The minimum absolute atomic E-state index is 0.0424. The summed E-state index contributed by atoms with van der Waals surface area (Å²) in [6.45, 7) is 0.513. The topological polar surface area (TPSA) is 117 Å². The lowest BCUT2D eigenvalue weighted by molar-refractivity contribution is -0.139. The van der Waals surface area contributed by atoms with Gasteiger partial charge < -0.3 is 18.9 Å². The van der Waals surface area contributed by atoms with Gasteiger partial charge in [-0.1, -0.05) is 12.1 Å². The highest BCUT2D eigenvalue weighted by Gasteiger charge is 2.18. The van der Waals surface area contributed by atoms with Gasteiger partial charge in [-0.05, 0) is 42.4 Å². The van der Waals surface area contributed by atoms with Gasteiger partial charge >= 0.3 is 5.97 Å². The molecule has 0 bridgehead atoms. The number of carbonyl (C=O) groups excluding carboxylic acids is 2. The van der Waals surface area contributed by atoms with Crippen LogP contribution in [0.5, 0.6) is 5.75 Å². The van der Waals surface area contributed by atoms with E-state index >= 15 is 0 Å². The zero-order chi connectivity index (χ0) is 22.9. The van der Waals surface area contributed by atoms with E-state index in [2.05, 4.69) is 4.72 Å². The van der Waals surface area contributed by atoms with E-state index < -0.39 is 16.0 Å². The zero-order valence-corrected chi connectivity index (χ0v) is 18.4. The number of rotatable bonds is 12. The van der Waals surface area contributed by atoms with Crippen molar-refractivity contribution < 1.29 is 37.0 Å². The van der Waals surface area contributed by atoms with Crippen LogP contribution in [0.25, 0.3) is 11.1 Å². The summed E-state index contributed by atoms with van der Waals surface area (Å²) in [4.78, 5) is 23.6. The monoisotopic (exact) mass is 451 g/mol. The lowest BCUT2D eigenvalue weighted by Gasteiger charge is -2.16. The predicted molar refractivity (Wildman–Crippen MR) is 113 cm³/mol. The number of hydrogen-bond acceptors (Lipinski definition) is 8. The van der Waals surface area contributed by atoms with Crippen LogP contribution in [0.3, 0.4) is 0 Å². The first-order valence-corrected chi connectivity index (χ1v) is 10.8. The Balaban J connectivity index is 2.55. The average Bonchev–Trinajstić information content (AvgIpc) is 2.79. The van der Waals surface area contributed by atoms with Gasteiger partial charge in [0.1, 0.15) is 5.75 Å². The molecule has 0 aromatic heterocycles. The van der Waals surface area contributed by atoms with Gasteiger partial charge in [0.2, 0.25) is 10.0 Å². The Morgan fingerprint density at radius 2 is 1.90 bits per heavy atom. The first kappa shape index (κ1) is 24.5. The van der Waals surface area contributed by atoms with Gasteiger partial charge in [-0.3, -0.25) is 9.59 Å². The molecule has 31 heavy (non-hydrogen) atoms. The lowest BCUT2D eigenvalue weighted by Crippen LogP contribution is -2.18. The molecular formula is C21H25NO8S. The van der Waals surface area contributed by atoms with Crippen molar-refractivity contribution in [1.29, 1.82) is 0 Å². The van der Waals surface area contributed by atoms with Crippen molar-refractivity contribution in [2.75, 3.05) is 41.3 Å². The molecule has 0 aliphatic rings. The van der Waals surface area contributed by atoms with Gasteiger partial charge in [0.25, 0.3) is 0 Å². The maximum atomic E-state index is 12.2. The van der Waals surface area contributed by atoms with E-state index in [9.17, 15) is 18.0 Å². The maximum Gasteiger partial charge on any atom is 0.309 e. The smallest absolute Gasteiger partial charge is 0.309 e. The number of esters is 1. The highest BCUT2D eigenvalue weighted by Crippen LogP contribution is 2.35. The Hall–Kier alpha value is -2.79. The fourth-order valence-corrected chi connectivity index (χ4v) is 3.54. The van der Waals surface area contributed by atoms with Gasteiger partial charge in [-0.15, -0.1) is 0 Å². The molecule has 9 nitrogen and oxygen atoms in total. The molecule has 0 saturated heterocycles. The molecule has 0 spiro atoms. The second-order valence-corrected chi connectivity index (χ2v) is 8.22. The number of aldehydes is 1. The van der Waals surface area contributed by atoms with Gasteiger partial charge in [-0.25, -0.2) is 13.1 Å². The molecule has 0 saturated carbocycles. The highest BCUT2D eigenvalue weighted by atomic mass is 32.2. The molecule has 0 atom stereocenters. The Kier molecular flexibility index (Phi) is 9.13. The van der Waals surface area contributed by atoms with E-state index in [4.69, 9.17) is 18.9 Å². The second-order valence-electron chi connectivity index (χ2n) is 6.33. The standard InChI is InChI=1S/C21H25NO8S/c1-22-31(25,26)18-6-4-5-16(12-18)19-10-15(11-20(24)28-3)9-17(13-23)21(19)30-14-29-8-7-27-2/h4-6,9-10,12-13,22H,7-8,11,14H2,1-3H3. The number of sulfonamides is 1. The quantitative estimate of drug-likeness (QED) is 0.225. The SMILES string of the molecule is CNS(=O)(=O)c1cccc(-c2cc(CC(=O)OC)cc(C=O)c2OCOCCOC)c1. The lowest BCUT2D eigenvalue weighted by atomic mass is 9.97. The molecule has 168 valence electrons. The average molecular weight is 451 g/mol.